The molecule has 0 saturated carbocycles. The van der Waals surface area contributed by atoms with Crippen LogP contribution in [0.1, 0.15) is 25.0 Å². The number of hydrogen-bond acceptors (Lipinski definition) is 1. The average molecular weight is 275 g/mol. The van der Waals surface area contributed by atoms with Crippen molar-refractivity contribution in [3.8, 4) is 0 Å². The molecule has 2 aromatic carbocycles. The second-order valence-electron chi connectivity index (χ2n) is 5.25. The van der Waals surface area contributed by atoms with Gasteiger partial charge >= 0.3 is 0 Å². The van der Waals surface area contributed by atoms with Gasteiger partial charge in [-0.3, -0.25) is 4.90 Å². The van der Waals surface area contributed by atoms with Crippen molar-refractivity contribution in [2.75, 3.05) is 0 Å². The molecule has 0 unspecified atom stereocenters. The summed E-state index contributed by atoms with van der Waals surface area (Å²) in [5.74, 6) is -0.438. The van der Waals surface area contributed by atoms with Gasteiger partial charge in [0.15, 0.2) is 0 Å². The van der Waals surface area contributed by atoms with Crippen LogP contribution in [0.4, 0.5) is 8.78 Å². The number of benzene rings is 2. The molecule has 0 N–H and O–H groups in total. The van der Waals surface area contributed by atoms with Crippen LogP contribution in [-0.2, 0) is 13.1 Å². The summed E-state index contributed by atoms with van der Waals surface area (Å²) in [5.41, 5.74) is 2.14. The molecule has 0 aliphatic heterocycles. The molecule has 1 nitrogen and oxygen atoms in total. The first kappa shape index (κ1) is 14.7. The van der Waals surface area contributed by atoms with Crippen molar-refractivity contribution in [2.24, 2.45) is 0 Å². The van der Waals surface area contributed by atoms with E-state index in [0.717, 1.165) is 24.2 Å². The minimum atomic E-state index is -0.219. The van der Waals surface area contributed by atoms with Crippen molar-refractivity contribution < 1.29 is 8.78 Å². The molecule has 0 radical (unpaired) electrons. The van der Waals surface area contributed by atoms with E-state index in [9.17, 15) is 8.78 Å². The van der Waals surface area contributed by atoms with Crippen LogP contribution in [0.3, 0.4) is 0 Å². The van der Waals surface area contributed by atoms with Gasteiger partial charge in [0.1, 0.15) is 11.6 Å². The van der Waals surface area contributed by atoms with Crippen LogP contribution in [0.15, 0.2) is 48.5 Å². The maximum atomic E-state index is 12.9. The van der Waals surface area contributed by atoms with Crippen LogP contribution >= 0.6 is 0 Å². The van der Waals surface area contributed by atoms with Gasteiger partial charge in [-0.1, -0.05) is 24.3 Å². The lowest BCUT2D eigenvalue weighted by atomic mass is 10.1. The predicted octanol–water partition coefficient (Wildman–Crippen LogP) is 4.38. The molecule has 0 spiro atoms. The average Bonchev–Trinajstić information content (AvgIpc) is 2.42. The normalized spacial score (nSPS) is 11.3. The smallest absolute Gasteiger partial charge is 0.123 e. The standard InChI is InChI=1S/C17H19F2N/c1-13(2)20(11-14-3-7-16(18)8-4-14)12-15-5-9-17(19)10-6-15/h3-10,13H,11-12H2,1-2H3. The van der Waals surface area contributed by atoms with Gasteiger partial charge in [-0.25, -0.2) is 8.78 Å². The van der Waals surface area contributed by atoms with Crippen molar-refractivity contribution in [1.29, 1.82) is 0 Å². The van der Waals surface area contributed by atoms with Crippen LogP contribution < -0.4 is 0 Å². The molecule has 0 heterocycles. The summed E-state index contributed by atoms with van der Waals surface area (Å²) in [6.07, 6.45) is 0. The van der Waals surface area contributed by atoms with Gasteiger partial charge in [-0.15, -0.1) is 0 Å². The molecule has 20 heavy (non-hydrogen) atoms. The maximum absolute atomic E-state index is 12.9. The summed E-state index contributed by atoms with van der Waals surface area (Å²) in [5, 5.41) is 0. The molecule has 0 bridgehead atoms. The molecule has 0 atom stereocenters. The molecule has 0 aromatic heterocycles. The van der Waals surface area contributed by atoms with Crippen LogP contribution in [0.2, 0.25) is 0 Å². The lowest BCUT2D eigenvalue weighted by Crippen LogP contribution is -2.29. The lowest BCUT2D eigenvalue weighted by Gasteiger charge is -2.26. The minimum Gasteiger partial charge on any atom is -0.292 e. The van der Waals surface area contributed by atoms with Crippen molar-refractivity contribution in [2.45, 2.75) is 33.0 Å². The summed E-state index contributed by atoms with van der Waals surface area (Å²) in [6, 6.07) is 13.5. The Hall–Kier alpha value is -1.74. The number of hydrogen-bond donors (Lipinski definition) is 0. The highest BCUT2D eigenvalue weighted by Crippen LogP contribution is 2.14. The van der Waals surface area contributed by atoms with Gasteiger partial charge in [0.05, 0.1) is 0 Å². The Kier molecular flexibility index (Phi) is 4.85. The first-order chi connectivity index (χ1) is 9.54. The zero-order valence-corrected chi connectivity index (χ0v) is 11.8. The monoisotopic (exact) mass is 275 g/mol. The third-order valence-corrected chi connectivity index (χ3v) is 3.33. The van der Waals surface area contributed by atoms with Gasteiger partial charge in [0.25, 0.3) is 0 Å². The highest BCUT2D eigenvalue weighted by atomic mass is 19.1. The van der Waals surface area contributed by atoms with E-state index in [-0.39, 0.29) is 11.6 Å². The number of nitrogens with zero attached hydrogens (tertiary/aromatic N) is 1. The molecule has 0 aliphatic carbocycles. The second-order valence-corrected chi connectivity index (χ2v) is 5.25. The topological polar surface area (TPSA) is 3.24 Å². The fourth-order valence-corrected chi connectivity index (χ4v) is 2.07. The number of rotatable bonds is 5. The van der Waals surface area contributed by atoms with E-state index in [1.807, 2.05) is 0 Å². The molecule has 2 aromatic rings. The lowest BCUT2D eigenvalue weighted by molar-refractivity contribution is 0.203. The molecule has 0 fully saturated rings. The van der Waals surface area contributed by atoms with E-state index in [2.05, 4.69) is 18.7 Å². The van der Waals surface area contributed by atoms with Crippen molar-refractivity contribution in [3.05, 3.63) is 71.3 Å². The molecule has 2 rings (SSSR count). The summed E-state index contributed by atoms with van der Waals surface area (Å²) in [4.78, 5) is 2.26. The fourth-order valence-electron chi connectivity index (χ4n) is 2.07. The highest BCUT2D eigenvalue weighted by molar-refractivity contribution is 5.18. The molecular formula is C17H19F2N. The first-order valence-electron chi connectivity index (χ1n) is 6.77. The van der Waals surface area contributed by atoms with Gasteiger partial charge < -0.3 is 0 Å². The highest BCUT2D eigenvalue weighted by Gasteiger charge is 2.11. The molecule has 0 amide bonds. The zero-order valence-electron chi connectivity index (χ0n) is 11.8. The van der Waals surface area contributed by atoms with E-state index in [4.69, 9.17) is 0 Å². The Balaban J connectivity index is 2.07. The van der Waals surface area contributed by atoms with E-state index in [0.29, 0.717) is 6.04 Å². The predicted molar refractivity (Wildman–Crippen MR) is 77.2 cm³/mol. The summed E-state index contributed by atoms with van der Waals surface area (Å²) >= 11 is 0. The SMILES string of the molecule is CC(C)N(Cc1ccc(F)cc1)Cc1ccc(F)cc1. The van der Waals surface area contributed by atoms with Gasteiger partial charge in [0.2, 0.25) is 0 Å². The van der Waals surface area contributed by atoms with E-state index in [1.165, 1.54) is 24.3 Å². The third-order valence-electron chi connectivity index (χ3n) is 3.33. The molecule has 106 valence electrons. The molecular weight excluding hydrogens is 256 g/mol. The summed E-state index contributed by atoms with van der Waals surface area (Å²) < 4.78 is 25.8. The van der Waals surface area contributed by atoms with Gasteiger partial charge in [0, 0.05) is 19.1 Å². The number of halogens is 2. The summed E-state index contributed by atoms with van der Waals surface area (Å²) in [7, 11) is 0. The molecule has 0 aliphatic rings. The Morgan fingerprint density at radius 2 is 1.10 bits per heavy atom. The Morgan fingerprint density at radius 1 is 0.750 bits per heavy atom. The van der Waals surface area contributed by atoms with E-state index >= 15 is 0 Å². The van der Waals surface area contributed by atoms with Crippen LogP contribution in [-0.4, -0.2) is 10.9 Å². The minimum absolute atomic E-state index is 0.219. The van der Waals surface area contributed by atoms with Crippen molar-refractivity contribution >= 4 is 0 Å². The molecule has 0 saturated heterocycles. The third kappa shape index (κ3) is 4.14. The first-order valence-corrected chi connectivity index (χ1v) is 6.77. The van der Waals surface area contributed by atoms with Gasteiger partial charge in [-0.2, -0.15) is 0 Å². The maximum Gasteiger partial charge on any atom is 0.123 e. The van der Waals surface area contributed by atoms with Gasteiger partial charge in [-0.05, 0) is 49.2 Å². The quantitative estimate of drug-likeness (QED) is 0.783. The largest absolute Gasteiger partial charge is 0.292 e. The Labute approximate surface area is 118 Å². The van der Waals surface area contributed by atoms with E-state index < -0.39 is 0 Å². The van der Waals surface area contributed by atoms with Crippen LogP contribution in [0.25, 0.3) is 0 Å². The zero-order chi connectivity index (χ0) is 14.5. The fraction of sp³-hybridized carbons (Fsp3) is 0.294. The Morgan fingerprint density at radius 3 is 1.40 bits per heavy atom. The van der Waals surface area contributed by atoms with Crippen LogP contribution in [0.5, 0.6) is 0 Å². The summed E-state index contributed by atoms with van der Waals surface area (Å²) in [6.45, 7) is 5.73. The molecule has 3 heteroatoms. The van der Waals surface area contributed by atoms with Crippen molar-refractivity contribution in [3.63, 3.8) is 0 Å². The van der Waals surface area contributed by atoms with Crippen LogP contribution in [0, 0.1) is 11.6 Å². The van der Waals surface area contributed by atoms with E-state index in [1.54, 1.807) is 24.3 Å². The Bertz CT molecular complexity index is 484. The second kappa shape index (κ2) is 6.62. The van der Waals surface area contributed by atoms with Crippen molar-refractivity contribution in [1.82, 2.24) is 4.90 Å².